The van der Waals surface area contributed by atoms with E-state index in [0.717, 1.165) is 0 Å². The molecule has 1 aliphatic heterocycles. The minimum Gasteiger partial charge on any atom is -0.311 e. The molecule has 0 aliphatic carbocycles. The number of amides is 1. The number of halogens is 2. The first kappa shape index (κ1) is 14.3. The molecule has 3 heterocycles. The van der Waals surface area contributed by atoms with Gasteiger partial charge in [0.25, 0.3) is 5.56 Å². The molecule has 1 atom stereocenters. The number of hydrogen-bond acceptors (Lipinski definition) is 4. The fourth-order valence-electron chi connectivity index (χ4n) is 2.90. The van der Waals surface area contributed by atoms with Gasteiger partial charge in [0, 0.05) is 34.5 Å². The highest BCUT2D eigenvalue weighted by Crippen LogP contribution is 2.39. The quantitative estimate of drug-likeness (QED) is 0.734. The number of carbonyl (C=O) groups excluding carboxylic acids is 1. The minimum atomic E-state index is -0.760. The molecule has 0 saturated heterocycles. The van der Waals surface area contributed by atoms with Gasteiger partial charge in [-0.05, 0) is 12.1 Å². The Morgan fingerprint density at radius 2 is 2.17 bits per heavy atom. The van der Waals surface area contributed by atoms with Crippen LogP contribution in [0.2, 0.25) is 5.02 Å². The molecule has 4 rings (SSSR count). The second-order valence-corrected chi connectivity index (χ2v) is 6.46. The third kappa shape index (κ3) is 2.15. The van der Waals surface area contributed by atoms with Crippen LogP contribution in [0.3, 0.4) is 0 Å². The van der Waals surface area contributed by atoms with E-state index in [0.29, 0.717) is 10.8 Å². The van der Waals surface area contributed by atoms with E-state index in [1.165, 1.54) is 23.5 Å². The van der Waals surface area contributed by atoms with E-state index in [9.17, 15) is 14.0 Å². The summed E-state index contributed by atoms with van der Waals surface area (Å²) in [6.07, 6.45) is 1.65. The van der Waals surface area contributed by atoms with Crippen molar-refractivity contribution in [1.29, 1.82) is 0 Å². The van der Waals surface area contributed by atoms with Gasteiger partial charge in [0.15, 0.2) is 4.96 Å². The molecule has 1 amide bonds. The molecule has 1 aromatic carbocycles. The normalized spacial score (nSPS) is 17.1. The predicted octanol–water partition coefficient (Wildman–Crippen LogP) is 3.02. The van der Waals surface area contributed by atoms with Gasteiger partial charge in [0.2, 0.25) is 5.91 Å². The summed E-state index contributed by atoms with van der Waals surface area (Å²) >= 11 is 7.41. The highest BCUT2D eigenvalue weighted by atomic mass is 35.5. The van der Waals surface area contributed by atoms with E-state index in [2.05, 4.69) is 10.3 Å². The second-order valence-electron chi connectivity index (χ2n) is 5.18. The molecule has 0 saturated carbocycles. The van der Waals surface area contributed by atoms with Crippen molar-refractivity contribution in [2.45, 2.75) is 12.3 Å². The lowest BCUT2D eigenvalue weighted by Gasteiger charge is -2.26. The third-order valence-electron chi connectivity index (χ3n) is 3.86. The van der Waals surface area contributed by atoms with Crippen LogP contribution in [0.15, 0.2) is 34.6 Å². The highest BCUT2D eigenvalue weighted by molar-refractivity contribution is 7.15. The lowest BCUT2D eigenvalue weighted by atomic mass is 9.86. The molecule has 23 heavy (non-hydrogen) atoms. The summed E-state index contributed by atoms with van der Waals surface area (Å²) in [4.78, 5) is 29.0. The Kier molecular flexibility index (Phi) is 3.21. The second kappa shape index (κ2) is 5.14. The molecule has 116 valence electrons. The first-order chi connectivity index (χ1) is 11.1. The van der Waals surface area contributed by atoms with E-state index < -0.39 is 17.3 Å². The average Bonchev–Trinajstić information content (AvgIpc) is 2.95. The van der Waals surface area contributed by atoms with Gasteiger partial charge in [-0.2, -0.15) is 4.98 Å². The van der Waals surface area contributed by atoms with Crippen LogP contribution in [-0.4, -0.2) is 15.3 Å². The van der Waals surface area contributed by atoms with Crippen molar-refractivity contribution in [2.75, 3.05) is 5.32 Å². The van der Waals surface area contributed by atoms with Crippen LogP contribution in [-0.2, 0) is 4.79 Å². The fraction of sp³-hybridized carbons (Fsp3) is 0.133. The van der Waals surface area contributed by atoms with Gasteiger partial charge in [-0.25, -0.2) is 4.39 Å². The summed E-state index contributed by atoms with van der Waals surface area (Å²) in [5.41, 5.74) is -0.0707. The molecule has 0 radical (unpaired) electrons. The van der Waals surface area contributed by atoms with Crippen LogP contribution < -0.4 is 10.9 Å². The molecule has 0 spiro atoms. The van der Waals surface area contributed by atoms with E-state index in [1.807, 2.05) is 0 Å². The first-order valence-corrected chi connectivity index (χ1v) is 8.05. The molecular weight excluding hydrogens is 341 g/mol. The monoisotopic (exact) mass is 349 g/mol. The topological polar surface area (TPSA) is 63.5 Å². The van der Waals surface area contributed by atoms with Crippen molar-refractivity contribution in [3.8, 4) is 0 Å². The Hall–Kier alpha value is -2.25. The van der Waals surface area contributed by atoms with Crippen molar-refractivity contribution < 1.29 is 9.18 Å². The number of aromatic nitrogens is 2. The Morgan fingerprint density at radius 1 is 1.35 bits per heavy atom. The van der Waals surface area contributed by atoms with Gasteiger partial charge < -0.3 is 5.32 Å². The zero-order chi connectivity index (χ0) is 16.1. The maximum absolute atomic E-state index is 14.3. The minimum absolute atomic E-state index is 0.0548. The van der Waals surface area contributed by atoms with Crippen LogP contribution in [0, 0.1) is 5.82 Å². The first-order valence-electron chi connectivity index (χ1n) is 6.80. The summed E-state index contributed by atoms with van der Waals surface area (Å²) in [5.74, 6) is -1.27. The largest absolute Gasteiger partial charge is 0.311 e. The number of nitrogens with one attached hydrogen (secondary N) is 1. The number of carbonyl (C=O) groups is 1. The Bertz CT molecular complexity index is 993. The van der Waals surface area contributed by atoms with Gasteiger partial charge in [0.05, 0.1) is 5.56 Å². The molecule has 3 aromatic rings. The summed E-state index contributed by atoms with van der Waals surface area (Å²) in [6.45, 7) is 0. The van der Waals surface area contributed by atoms with Crippen LogP contribution >= 0.6 is 22.9 Å². The van der Waals surface area contributed by atoms with Gasteiger partial charge >= 0.3 is 0 Å². The van der Waals surface area contributed by atoms with Crippen LogP contribution in [0.4, 0.5) is 10.2 Å². The zero-order valence-electron chi connectivity index (χ0n) is 11.5. The summed E-state index contributed by atoms with van der Waals surface area (Å²) < 4.78 is 15.9. The molecule has 0 bridgehead atoms. The Morgan fingerprint density at radius 3 is 2.96 bits per heavy atom. The van der Waals surface area contributed by atoms with Crippen molar-refractivity contribution in [2.24, 2.45) is 0 Å². The van der Waals surface area contributed by atoms with Gasteiger partial charge in [-0.15, -0.1) is 11.3 Å². The molecule has 1 aliphatic rings. The molecule has 0 fully saturated rings. The van der Waals surface area contributed by atoms with Crippen molar-refractivity contribution in [1.82, 2.24) is 9.38 Å². The number of thiazole rings is 1. The number of hydrogen-bond donors (Lipinski definition) is 1. The predicted molar refractivity (Wildman–Crippen MR) is 85.8 cm³/mol. The summed E-state index contributed by atoms with van der Waals surface area (Å²) in [6, 6.07) is 4.29. The van der Waals surface area contributed by atoms with Gasteiger partial charge in [-0.1, -0.05) is 17.7 Å². The molecule has 5 nitrogen and oxygen atoms in total. The van der Waals surface area contributed by atoms with Crippen molar-refractivity contribution in [3.63, 3.8) is 0 Å². The smallest absolute Gasteiger partial charge is 0.279 e. The average molecular weight is 350 g/mol. The molecule has 0 unspecified atom stereocenters. The maximum Gasteiger partial charge on any atom is 0.279 e. The highest BCUT2D eigenvalue weighted by Gasteiger charge is 2.34. The standard InChI is InChI=1S/C15H9ClFN3O2S/c16-8-2-1-3-9(17)11(8)7-6-10(21)18-13-12(7)14(22)19-15-20(13)4-5-23-15/h1-5,7H,6H2,(H,18,21)/t7-/m0/s1. The molecule has 1 N–H and O–H groups in total. The number of fused-ring (bicyclic) bond motifs is 3. The molecule has 8 heteroatoms. The molecular formula is C15H9ClFN3O2S. The lowest BCUT2D eigenvalue weighted by molar-refractivity contribution is -0.116. The van der Waals surface area contributed by atoms with Crippen LogP contribution in [0.1, 0.15) is 23.5 Å². The van der Waals surface area contributed by atoms with E-state index in [-0.39, 0.29) is 28.5 Å². The number of benzene rings is 1. The Balaban J connectivity index is 2.06. The zero-order valence-corrected chi connectivity index (χ0v) is 13.1. The summed E-state index contributed by atoms with van der Waals surface area (Å²) in [7, 11) is 0. The van der Waals surface area contributed by atoms with Crippen LogP contribution in [0.25, 0.3) is 4.96 Å². The van der Waals surface area contributed by atoms with Gasteiger partial charge in [-0.3, -0.25) is 14.0 Å². The van der Waals surface area contributed by atoms with E-state index >= 15 is 0 Å². The SMILES string of the molecule is O=C1C[C@@H](c2c(F)cccc2Cl)c2c(n3ccsc3nc2=O)N1. The maximum atomic E-state index is 14.3. The van der Waals surface area contributed by atoms with Crippen molar-refractivity contribution >= 4 is 39.6 Å². The van der Waals surface area contributed by atoms with E-state index in [1.54, 1.807) is 22.0 Å². The van der Waals surface area contributed by atoms with Crippen LogP contribution in [0.5, 0.6) is 0 Å². The number of rotatable bonds is 1. The summed E-state index contributed by atoms with van der Waals surface area (Å²) in [5, 5.41) is 4.64. The number of anilines is 1. The fourth-order valence-corrected chi connectivity index (χ4v) is 3.90. The Labute approximate surface area is 138 Å². The van der Waals surface area contributed by atoms with Crippen molar-refractivity contribution in [3.05, 3.63) is 62.1 Å². The van der Waals surface area contributed by atoms with E-state index in [4.69, 9.17) is 11.6 Å². The molecule has 2 aromatic heterocycles. The van der Waals surface area contributed by atoms with Gasteiger partial charge in [0.1, 0.15) is 11.6 Å². The lowest BCUT2D eigenvalue weighted by Crippen LogP contribution is -2.32. The number of nitrogens with zero attached hydrogens (tertiary/aromatic N) is 2. The third-order valence-corrected chi connectivity index (χ3v) is 4.94.